The third-order valence-corrected chi connectivity index (χ3v) is 4.10. The number of benzene rings is 1. The predicted octanol–water partition coefficient (Wildman–Crippen LogP) is 2.01. The molecule has 1 aromatic carbocycles. The highest BCUT2D eigenvalue weighted by molar-refractivity contribution is 5.97. The first kappa shape index (κ1) is 19.3. The minimum atomic E-state index is -0.221. The van der Waals surface area contributed by atoms with E-state index in [0.29, 0.717) is 24.3 Å². The number of carbonyl (C=O) groups is 2. The highest BCUT2D eigenvalue weighted by Gasteiger charge is 2.35. The van der Waals surface area contributed by atoms with Gasteiger partial charge in [-0.25, -0.2) is 4.79 Å². The Morgan fingerprint density at radius 3 is 2.65 bits per heavy atom. The molecular weight excluding hydrogens is 316 g/mol. The molecule has 1 saturated heterocycles. The molecule has 23 heavy (non-hydrogen) atoms. The lowest BCUT2D eigenvalue weighted by molar-refractivity contribution is 0.0777. The minimum absolute atomic E-state index is 0. The topological polar surface area (TPSA) is 78.7 Å². The summed E-state index contributed by atoms with van der Waals surface area (Å²) in [5.74, 6) is -0.0156. The molecule has 0 spiro atoms. The van der Waals surface area contributed by atoms with Gasteiger partial charge in [-0.05, 0) is 36.6 Å². The summed E-state index contributed by atoms with van der Waals surface area (Å²) in [6, 6.07) is 6.80. The van der Waals surface area contributed by atoms with E-state index in [2.05, 4.69) is 12.2 Å². The monoisotopic (exact) mass is 340 g/mol. The van der Waals surface area contributed by atoms with Gasteiger partial charge >= 0.3 is 6.03 Å². The zero-order valence-electron chi connectivity index (χ0n) is 13.8. The second-order valence-electron chi connectivity index (χ2n) is 6.40. The maximum Gasteiger partial charge on any atom is 0.321 e. The molecule has 1 unspecified atom stereocenters. The standard InChI is InChI=1S/C16H24N4O2.ClH/c1-16(10-17)7-8-20(11-16)14(21)12-5-4-6-13(9-12)18-15(22)19(2)3;/h4-6,9H,7-8,10-11,17H2,1-3H3,(H,18,22);1H. The molecule has 1 atom stereocenters. The Morgan fingerprint density at radius 1 is 1.39 bits per heavy atom. The number of nitrogens with zero attached hydrogens (tertiary/aromatic N) is 2. The van der Waals surface area contributed by atoms with Gasteiger partial charge in [0.2, 0.25) is 0 Å². The summed E-state index contributed by atoms with van der Waals surface area (Å²) in [5, 5.41) is 2.75. The number of nitrogens with two attached hydrogens (primary N) is 1. The molecule has 0 saturated carbocycles. The van der Waals surface area contributed by atoms with Crippen LogP contribution in [0.2, 0.25) is 0 Å². The van der Waals surface area contributed by atoms with E-state index >= 15 is 0 Å². The Bertz CT molecular complexity index is 579. The van der Waals surface area contributed by atoms with Crippen LogP contribution in [0.4, 0.5) is 10.5 Å². The summed E-state index contributed by atoms with van der Waals surface area (Å²) in [6.07, 6.45) is 0.923. The summed E-state index contributed by atoms with van der Waals surface area (Å²) in [4.78, 5) is 27.5. The number of likely N-dealkylation sites (tertiary alicyclic amines) is 1. The van der Waals surface area contributed by atoms with Gasteiger partial charge in [0.15, 0.2) is 0 Å². The van der Waals surface area contributed by atoms with Crippen LogP contribution in [-0.4, -0.2) is 55.5 Å². The van der Waals surface area contributed by atoms with E-state index in [9.17, 15) is 9.59 Å². The Kier molecular flexibility index (Phi) is 6.41. The molecule has 1 aromatic rings. The maximum absolute atomic E-state index is 12.6. The van der Waals surface area contributed by atoms with Crippen LogP contribution in [0.1, 0.15) is 23.7 Å². The summed E-state index contributed by atoms with van der Waals surface area (Å²) in [6.45, 7) is 4.08. The van der Waals surface area contributed by atoms with Crippen molar-refractivity contribution in [1.82, 2.24) is 9.80 Å². The number of rotatable bonds is 3. The van der Waals surface area contributed by atoms with E-state index < -0.39 is 0 Å². The fourth-order valence-corrected chi connectivity index (χ4v) is 2.51. The number of hydrogen-bond acceptors (Lipinski definition) is 3. The zero-order valence-corrected chi connectivity index (χ0v) is 14.7. The molecule has 6 nitrogen and oxygen atoms in total. The molecule has 0 bridgehead atoms. The van der Waals surface area contributed by atoms with E-state index in [0.717, 1.165) is 13.0 Å². The largest absolute Gasteiger partial charge is 0.338 e. The number of hydrogen-bond donors (Lipinski definition) is 2. The quantitative estimate of drug-likeness (QED) is 0.883. The molecule has 3 amide bonds. The normalized spacial score (nSPS) is 19.9. The van der Waals surface area contributed by atoms with Crippen LogP contribution >= 0.6 is 12.4 Å². The summed E-state index contributed by atoms with van der Waals surface area (Å²) >= 11 is 0. The van der Waals surface area contributed by atoms with Crippen molar-refractivity contribution in [2.75, 3.05) is 39.0 Å². The average Bonchev–Trinajstić information content (AvgIpc) is 2.90. The van der Waals surface area contributed by atoms with E-state index in [1.807, 2.05) is 4.90 Å². The van der Waals surface area contributed by atoms with Crippen molar-refractivity contribution in [1.29, 1.82) is 0 Å². The lowest BCUT2D eigenvalue weighted by Crippen LogP contribution is -2.34. The van der Waals surface area contributed by atoms with Gasteiger partial charge in [-0.15, -0.1) is 12.4 Å². The molecule has 7 heteroatoms. The van der Waals surface area contributed by atoms with Gasteiger partial charge in [0.1, 0.15) is 0 Å². The molecule has 1 aliphatic rings. The van der Waals surface area contributed by atoms with Crippen molar-refractivity contribution < 1.29 is 9.59 Å². The first-order valence-corrected chi connectivity index (χ1v) is 7.42. The van der Waals surface area contributed by atoms with Crippen molar-refractivity contribution >= 4 is 30.0 Å². The summed E-state index contributed by atoms with van der Waals surface area (Å²) < 4.78 is 0. The second-order valence-corrected chi connectivity index (χ2v) is 6.40. The van der Waals surface area contributed by atoms with Gasteiger partial charge in [-0.1, -0.05) is 13.0 Å². The molecule has 2 rings (SSSR count). The van der Waals surface area contributed by atoms with Crippen molar-refractivity contribution in [2.24, 2.45) is 11.1 Å². The third kappa shape index (κ3) is 4.59. The molecule has 0 radical (unpaired) electrons. The van der Waals surface area contributed by atoms with Crippen LogP contribution in [0.15, 0.2) is 24.3 Å². The first-order valence-electron chi connectivity index (χ1n) is 7.42. The molecule has 1 fully saturated rings. The van der Waals surface area contributed by atoms with Gasteiger partial charge in [-0.3, -0.25) is 4.79 Å². The number of amides is 3. The van der Waals surface area contributed by atoms with Gasteiger partial charge in [0.05, 0.1) is 0 Å². The molecule has 1 heterocycles. The summed E-state index contributed by atoms with van der Waals surface area (Å²) in [7, 11) is 3.34. The van der Waals surface area contributed by atoms with E-state index in [1.165, 1.54) is 4.90 Å². The Morgan fingerprint density at radius 2 is 2.09 bits per heavy atom. The number of urea groups is 1. The maximum atomic E-state index is 12.6. The number of halogens is 1. The highest BCUT2D eigenvalue weighted by atomic mass is 35.5. The minimum Gasteiger partial charge on any atom is -0.338 e. The lowest BCUT2D eigenvalue weighted by Gasteiger charge is -2.22. The fraction of sp³-hybridized carbons (Fsp3) is 0.500. The number of carbonyl (C=O) groups excluding carboxylic acids is 2. The van der Waals surface area contributed by atoms with Crippen LogP contribution in [-0.2, 0) is 0 Å². The Hall–Kier alpha value is -1.79. The third-order valence-electron chi connectivity index (χ3n) is 4.10. The molecule has 128 valence electrons. The number of anilines is 1. The van der Waals surface area contributed by atoms with Gasteiger partial charge < -0.3 is 20.9 Å². The number of nitrogens with one attached hydrogen (secondary N) is 1. The smallest absolute Gasteiger partial charge is 0.321 e. The molecule has 3 N–H and O–H groups in total. The van der Waals surface area contributed by atoms with Crippen molar-refractivity contribution in [2.45, 2.75) is 13.3 Å². The SMILES string of the molecule is CN(C)C(=O)Nc1cccc(C(=O)N2CCC(C)(CN)C2)c1.Cl. The molecule has 0 aromatic heterocycles. The van der Waals surface area contributed by atoms with E-state index in [1.54, 1.807) is 38.4 Å². The van der Waals surface area contributed by atoms with Crippen molar-refractivity contribution in [3.05, 3.63) is 29.8 Å². The zero-order chi connectivity index (χ0) is 16.3. The van der Waals surface area contributed by atoms with Crippen LogP contribution in [0, 0.1) is 5.41 Å². The van der Waals surface area contributed by atoms with Gasteiger partial charge in [-0.2, -0.15) is 0 Å². The van der Waals surface area contributed by atoms with Crippen LogP contribution in [0.3, 0.4) is 0 Å². The predicted molar refractivity (Wildman–Crippen MR) is 94.1 cm³/mol. The summed E-state index contributed by atoms with van der Waals surface area (Å²) in [5.41, 5.74) is 6.99. The van der Waals surface area contributed by atoms with E-state index in [4.69, 9.17) is 5.73 Å². The fourth-order valence-electron chi connectivity index (χ4n) is 2.51. The van der Waals surface area contributed by atoms with Gasteiger partial charge in [0.25, 0.3) is 5.91 Å². The molecular formula is C16H25ClN4O2. The molecule has 0 aliphatic carbocycles. The van der Waals surface area contributed by atoms with E-state index in [-0.39, 0.29) is 29.8 Å². The first-order chi connectivity index (χ1) is 10.3. The van der Waals surface area contributed by atoms with Crippen molar-refractivity contribution in [3.63, 3.8) is 0 Å². The average molecular weight is 341 g/mol. The van der Waals surface area contributed by atoms with Crippen LogP contribution in [0.25, 0.3) is 0 Å². The van der Waals surface area contributed by atoms with Crippen molar-refractivity contribution in [3.8, 4) is 0 Å². The van der Waals surface area contributed by atoms with Crippen LogP contribution in [0.5, 0.6) is 0 Å². The lowest BCUT2D eigenvalue weighted by atomic mass is 9.90. The van der Waals surface area contributed by atoms with Gasteiger partial charge in [0, 0.05) is 38.4 Å². The molecule has 1 aliphatic heterocycles. The second kappa shape index (κ2) is 7.66. The Balaban J connectivity index is 0.00000264. The highest BCUT2D eigenvalue weighted by Crippen LogP contribution is 2.29. The Labute approximate surface area is 143 Å². The van der Waals surface area contributed by atoms with Crippen LogP contribution < -0.4 is 11.1 Å².